The molecule has 0 atom stereocenters. The van der Waals surface area contributed by atoms with Crippen LogP contribution in [0.4, 0.5) is 0 Å². The van der Waals surface area contributed by atoms with Gasteiger partial charge in [0.15, 0.2) is 0 Å². The number of aryl methyl sites for hydroxylation is 2. The summed E-state index contributed by atoms with van der Waals surface area (Å²) in [6, 6.07) is 13.9. The standard InChI is InChI=1S/C18H20O2/c1-13-7-8-16(9-14(13)2)11-17(19)10-15-5-4-6-18(12-15)20-3/h4-9,12H,10-11H2,1-3H3. The summed E-state index contributed by atoms with van der Waals surface area (Å²) in [4.78, 5) is 12.1. The van der Waals surface area contributed by atoms with Crippen LogP contribution in [0.15, 0.2) is 42.5 Å². The minimum atomic E-state index is 0.224. The summed E-state index contributed by atoms with van der Waals surface area (Å²) in [7, 11) is 1.63. The Hall–Kier alpha value is -2.09. The molecule has 2 nitrogen and oxygen atoms in total. The van der Waals surface area contributed by atoms with Gasteiger partial charge in [0.2, 0.25) is 0 Å². The quantitative estimate of drug-likeness (QED) is 0.827. The summed E-state index contributed by atoms with van der Waals surface area (Å²) in [5.74, 6) is 1.02. The third-order valence-corrected chi connectivity index (χ3v) is 3.51. The predicted molar refractivity (Wildman–Crippen MR) is 81.3 cm³/mol. The molecule has 0 saturated carbocycles. The number of ketones is 1. The van der Waals surface area contributed by atoms with E-state index in [2.05, 4.69) is 26.0 Å². The van der Waals surface area contributed by atoms with Crippen LogP contribution in [0.25, 0.3) is 0 Å². The first-order valence-corrected chi connectivity index (χ1v) is 6.79. The zero-order valence-corrected chi connectivity index (χ0v) is 12.3. The third-order valence-electron chi connectivity index (χ3n) is 3.51. The Morgan fingerprint density at radius 2 is 1.65 bits per heavy atom. The normalized spacial score (nSPS) is 10.3. The van der Waals surface area contributed by atoms with Crippen molar-refractivity contribution in [3.8, 4) is 5.75 Å². The van der Waals surface area contributed by atoms with Crippen LogP contribution >= 0.6 is 0 Å². The Labute approximate surface area is 120 Å². The molecule has 0 spiro atoms. The van der Waals surface area contributed by atoms with Crippen molar-refractivity contribution in [3.63, 3.8) is 0 Å². The number of carbonyl (C=O) groups is 1. The van der Waals surface area contributed by atoms with Gasteiger partial charge in [0.05, 0.1) is 7.11 Å². The highest BCUT2D eigenvalue weighted by Crippen LogP contribution is 2.15. The van der Waals surface area contributed by atoms with Crippen LogP contribution in [0, 0.1) is 13.8 Å². The lowest BCUT2D eigenvalue weighted by molar-refractivity contribution is -0.117. The van der Waals surface area contributed by atoms with Crippen LogP contribution < -0.4 is 4.74 Å². The molecule has 0 amide bonds. The minimum Gasteiger partial charge on any atom is -0.497 e. The number of rotatable bonds is 5. The number of hydrogen-bond donors (Lipinski definition) is 0. The zero-order chi connectivity index (χ0) is 14.5. The third kappa shape index (κ3) is 3.70. The van der Waals surface area contributed by atoms with Crippen molar-refractivity contribution in [3.05, 3.63) is 64.7 Å². The molecular formula is C18H20O2. The van der Waals surface area contributed by atoms with E-state index in [1.54, 1.807) is 7.11 Å². The number of benzene rings is 2. The fourth-order valence-corrected chi connectivity index (χ4v) is 2.21. The van der Waals surface area contributed by atoms with Gasteiger partial charge in [-0.2, -0.15) is 0 Å². The van der Waals surface area contributed by atoms with Crippen LogP contribution in [0.2, 0.25) is 0 Å². The predicted octanol–water partition coefficient (Wildman–Crippen LogP) is 3.67. The Kier molecular flexibility index (Phi) is 4.57. The van der Waals surface area contributed by atoms with Crippen molar-refractivity contribution in [2.75, 3.05) is 7.11 Å². The van der Waals surface area contributed by atoms with E-state index in [1.165, 1.54) is 11.1 Å². The van der Waals surface area contributed by atoms with Crippen molar-refractivity contribution in [1.29, 1.82) is 0 Å². The van der Waals surface area contributed by atoms with Gasteiger partial charge in [0.1, 0.15) is 11.5 Å². The number of hydrogen-bond acceptors (Lipinski definition) is 2. The minimum absolute atomic E-state index is 0.224. The van der Waals surface area contributed by atoms with E-state index in [-0.39, 0.29) is 5.78 Å². The van der Waals surface area contributed by atoms with Gasteiger partial charge in [-0.25, -0.2) is 0 Å². The van der Waals surface area contributed by atoms with Crippen molar-refractivity contribution < 1.29 is 9.53 Å². The molecule has 2 heteroatoms. The van der Waals surface area contributed by atoms with Crippen molar-refractivity contribution in [1.82, 2.24) is 0 Å². The van der Waals surface area contributed by atoms with Gasteiger partial charge in [0, 0.05) is 12.8 Å². The fourth-order valence-electron chi connectivity index (χ4n) is 2.21. The summed E-state index contributed by atoms with van der Waals surface area (Å²) in [5, 5.41) is 0. The molecule has 104 valence electrons. The van der Waals surface area contributed by atoms with Gasteiger partial charge >= 0.3 is 0 Å². The molecule has 0 aliphatic rings. The number of Topliss-reactive ketones (excluding diaryl/α,β-unsaturated/α-hetero) is 1. The second-order valence-electron chi connectivity index (χ2n) is 5.16. The highest BCUT2D eigenvalue weighted by atomic mass is 16.5. The molecule has 0 aliphatic carbocycles. The molecule has 20 heavy (non-hydrogen) atoms. The first-order valence-electron chi connectivity index (χ1n) is 6.79. The summed E-state index contributed by atoms with van der Waals surface area (Å²) >= 11 is 0. The molecule has 0 fully saturated rings. The zero-order valence-electron chi connectivity index (χ0n) is 12.3. The van der Waals surface area contributed by atoms with E-state index >= 15 is 0 Å². The maximum absolute atomic E-state index is 12.1. The van der Waals surface area contributed by atoms with Crippen LogP contribution in [0.3, 0.4) is 0 Å². The molecule has 0 bridgehead atoms. The Morgan fingerprint density at radius 1 is 0.950 bits per heavy atom. The Morgan fingerprint density at radius 3 is 2.30 bits per heavy atom. The van der Waals surface area contributed by atoms with Gasteiger partial charge in [0.25, 0.3) is 0 Å². The molecule has 0 heterocycles. The van der Waals surface area contributed by atoms with Crippen LogP contribution in [-0.2, 0) is 17.6 Å². The maximum atomic E-state index is 12.1. The molecule has 0 saturated heterocycles. The van der Waals surface area contributed by atoms with E-state index < -0.39 is 0 Å². The van der Waals surface area contributed by atoms with Crippen LogP contribution in [0.1, 0.15) is 22.3 Å². The van der Waals surface area contributed by atoms with E-state index in [0.717, 1.165) is 16.9 Å². The molecule has 2 rings (SSSR count). The summed E-state index contributed by atoms with van der Waals surface area (Å²) in [6.45, 7) is 4.16. The summed E-state index contributed by atoms with van der Waals surface area (Å²) in [5.41, 5.74) is 4.57. The lowest BCUT2D eigenvalue weighted by atomic mass is 9.99. The fraction of sp³-hybridized carbons (Fsp3) is 0.278. The number of methoxy groups -OCH3 is 1. The highest BCUT2D eigenvalue weighted by molar-refractivity contribution is 5.83. The largest absolute Gasteiger partial charge is 0.497 e. The van der Waals surface area contributed by atoms with Crippen molar-refractivity contribution in [2.45, 2.75) is 26.7 Å². The van der Waals surface area contributed by atoms with Crippen LogP contribution in [0.5, 0.6) is 5.75 Å². The van der Waals surface area contributed by atoms with Crippen molar-refractivity contribution in [2.24, 2.45) is 0 Å². The second-order valence-corrected chi connectivity index (χ2v) is 5.16. The molecule has 0 unspecified atom stereocenters. The first-order chi connectivity index (χ1) is 9.58. The molecule has 2 aromatic carbocycles. The maximum Gasteiger partial charge on any atom is 0.141 e. The molecule has 0 aliphatic heterocycles. The average Bonchev–Trinajstić information content (AvgIpc) is 2.43. The Balaban J connectivity index is 2.03. The monoisotopic (exact) mass is 268 g/mol. The second kappa shape index (κ2) is 6.38. The molecule has 2 aromatic rings. The first kappa shape index (κ1) is 14.3. The lowest BCUT2D eigenvalue weighted by Gasteiger charge is -2.06. The average molecular weight is 268 g/mol. The summed E-state index contributed by atoms with van der Waals surface area (Å²) < 4.78 is 5.17. The molecule has 0 radical (unpaired) electrons. The van der Waals surface area contributed by atoms with E-state index in [1.807, 2.05) is 30.3 Å². The number of carbonyl (C=O) groups excluding carboxylic acids is 1. The smallest absolute Gasteiger partial charge is 0.141 e. The van der Waals surface area contributed by atoms with Crippen LogP contribution in [-0.4, -0.2) is 12.9 Å². The van der Waals surface area contributed by atoms with E-state index in [4.69, 9.17) is 4.74 Å². The van der Waals surface area contributed by atoms with Crippen molar-refractivity contribution >= 4 is 5.78 Å². The number of ether oxygens (including phenoxy) is 1. The topological polar surface area (TPSA) is 26.3 Å². The van der Waals surface area contributed by atoms with E-state index in [9.17, 15) is 4.79 Å². The SMILES string of the molecule is COc1cccc(CC(=O)Cc2ccc(C)c(C)c2)c1. The highest BCUT2D eigenvalue weighted by Gasteiger charge is 2.07. The molecule has 0 N–H and O–H groups in total. The summed E-state index contributed by atoms with van der Waals surface area (Å²) in [6.07, 6.45) is 0.933. The molecule has 0 aromatic heterocycles. The lowest BCUT2D eigenvalue weighted by Crippen LogP contribution is -2.07. The van der Waals surface area contributed by atoms with Gasteiger partial charge in [-0.05, 0) is 48.2 Å². The van der Waals surface area contributed by atoms with E-state index in [0.29, 0.717) is 12.8 Å². The van der Waals surface area contributed by atoms with Gasteiger partial charge in [-0.1, -0.05) is 30.3 Å². The Bertz CT molecular complexity index is 615. The van der Waals surface area contributed by atoms with Gasteiger partial charge < -0.3 is 4.74 Å². The van der Waals surface area contributed by atoms with Gasteiger partial charge in [-0.15, -0.1) is 0 Å². The van der Waals surface area contributed by atoms with Gasteiger partial charge in [-0.3, -0.25) is 4.79 Å². The molecular weight excluding hydrogens is 248 g/mol.